The summed E-state index contributed by atoms with van der Waals surface area (Å²) in [5.41, 5.74) is 1.23. The van der Waals surface area contributed by atoms with Gasteiger partial charge in [-0.15, -0.1) is 0 Å². The second-order valence-corrected chi connectivity index (χ2v) is 6.91. The minimum atomic E-state index is -0.937. The first-order valence-corrected chi connectivity index (χ1v) is 8.67. The highest BCUT2D eigenvalue weighted by Gasteiger charge is 2.37. The van der Waals surface area contributed by atoms with Crippen molar-refractivity contribution in [1.29, 1.82) is 0 Å². The fourth-order valence-electron chi connectivity index (χ4n) is 2.64. The third-order valence-corrected chi connectivity index (χ3v) is 4.74. The lowest BCUT2D eigenvalue weighted by Crippen LogP contribution is -2.42. The SMILES string of the molecule is Cc1cc(NC2=CN(Sc3cccc(C(=O)O)c3)CC3=NC=C[N+]23)n[nH]1. The molecule has 8 nitrogen and oxygen atoms in total. The first-order valence-electron chi connectivity index (χ1n) is 7.90. The Balaban J connectivity index is 1.58. The minimum Gasteiger partial charge on any atom is -0.478 e. The molecule has 2 aliphatic rings. The highest BCUT2D eigenvalue weighted by atomic mass is 32.2. The Labute approximate surface area is 154 Å². The summed E-state index contributed by atoms with van der Waals surface area (Å²) in [6, 6.07) is 8.78. The molecule has 3 N–H and O–H groups in total. The van der Waals surface area contributed by atoms with Crippen molar-refractivity contribution in [3.05, 3.63) is 66.0 Å². The number of aryl methyl sites for hydroxylation is 1. The number of aromatic carboxylic acids is 1. The highest BCUT2D eigenvalue weighted by Crippen LogP contribution is 2.28. The van der Waals surface area contributed by atoms with Gasteiger partial charge in [0.15, 0.2) is 12.0 Å². The molecule has 0 unspecified atom stereocenters. The Hall–Kier alpha value is -3.04. The predicted octanol–water partition coefficient (Wildman–Crippen LogP) is 2.67. The van der Waals surface area contributed by atoms with Gasteiger partial charge in [0.1, 0.15) is 6.54 Å². The maximum absolute atomic E-state index is 11.2. The summed E-state index contributed by atoms with van der Waals surface area (Å²) in [7, 11) is 0. The average Bonchev–Trinajstić information content (AvgIpc) is 3.24. The second-order valence-electron chi connectivity index (χ2n) is 5.79. The molecule has 2 aliphatic heterocycles. The molecule has 9 heteroatoms. The van der Waals surface area contributed by atoms with Crippen LogP contribution in [0.15, 0.2) is 64.6 Å². The summed E-state index contributed by atoms with van der Waals surface area (Å²) >= 11 is 1.45. The van der Waals surface area contributed by atoms with Crippen LogP contribution in [-0.4, -0.2) is 38.0 Å². The smallest absolute Gasteiger partial charge is 0.335 e. The maximum Gasteiger partial charge on any atom is 0.335 e. The van der Waals surface area contributed by atoms with Crippen molar-refractivity contribution >= 4 is 29.6 Å². The number of H-pyrrole nitrogens is 1. The number of benzene rings is 1. The number of amidine groups is 1. The monoisotopic (exact) mass is 368 g/mol. The minimum absolute atomic E-state index is 0.267. The van der Waals surface area contributed by atoms with Gasteiger partial charge in [0.05, 0.1) is 18.0 Å². The normalized spacial score (nSPS) is 16.3. The van der Waals surface area contributed by atoms with Crippen molar-refractivity contribution in [1.82, 2.24) is 19.4 Å². The molecule has 1 aromatic carbocycles. The average molecular weight is 368 g/mol. The molecule has 0 spiro atoms. The van der Waals surface area contributed by atoms with Crippen LogP contribution in [0.25, 0.3) is 0 Å². The van der Waals surface area contributed by atoms with Gasteiger partial charge >= 0.3 is 5.97 Å². The molecule has 0 fully saturated rings. The van der Waals surface area contributed by atoms with Gasteiger partial charge in [-0.2, -0.15) is 10.1 Å². The number of carbonyl (C=O) groups is 1. The zero-order valence-electron chi connectivity index (χ0n) is 13.9. The Bertz CT molecular complexity index is 948. The predicted molar refractivity (Wildman–Crippen MR) is 99.7 cm³/mol. The van der Waals surface area contributed by atoms with E-state index in [1.54, 1.807) is 24.4 Å². The number of carboxylic acids is 1. The first-order chi connectivity index (χ1) is 12.6. The van der Waals surface area contributed by atoms with Crippen LogP contribution in [0, 0.1) is 6.92 Å². The molecule has 3 heterocycles. The van der Waals surface area contributed by atoms with E-state index in [1.807, 2.05) is 40.7 Å². The number of hydrogen-bond donors (Lipinski definition) is 3. The van der Waals surface area contributed by atoms with Crippen molar-refractivity contribution in [2.75, 3.05) is 11.9 Å². The Kier molecular flexibility index (Phi) is 4.23. The molecule has 4 rings (SSSR count). The van der Waals surface area contributed by atoms with E-state index in [4.69, 9.17) is 5.11 Å². The molecule has 1 aromatic heterocycles. The summed E-state index contributed by atoms with van der Waals surface area (Å²) in [4.78, 5) is 18.4. The lowest BCUT2D eigenvalue weighted by molar-refractivity contribution is 0.0696. The first kappa shape index (κ1) is 16.4. The zero-order chi connectivity index (χ0) is 18.1. The maximum atomic E-state index is 11.2. The van der Waals surface area contributed by atoms with Crippen molar-refractivity contribution in [3.63, 3.8) is 0 Å². The number of hydrogen-bond acceptors (Lipinski definition) is 7. The van der Waals surface area contributed by atoms with E-state index in [2.05, 4.69) is 20.5 Å². The number of nitrogens with zero attached hydrogens (tertiary/aromatic N) is 4. The van der Waals surface area contributed by atoms with E-state index in [0.717, 1.165) is 22.2 Å². The van der Waals surface area contributed by atoms with Crippen molar-refractivity contribution in [2.45, 2.75) is 11.8 Å². The van der Waals surface area contributed by atoms with E-state index < -0.39 is 5.97 Å². The topological polar surface area (TPSA) is 99.5 Å². The number of aliphatic imine (C=N–C) groups is 1. The number of rotatable bonds is 5. The Morgan fingerprint density at radius 3 is 3.08 bits per heavy atom. The van der Waals surface area contributed by atoms with Gasteiger partial charge in [-0.05, 0) is 42.0 Å². The van der Waals surface area contributed by atoms with Crippen LogP contribution in [0.4, 0.5) is 5.82 Å². The second kappa shape index (κ2) is 6.70. The summed E-state index contributed by atoms with van der Waals surface area (Å²) in [5, 5.41) is 19.6. The van der Waals surface area contributed by atoms with Gasteiger partial charge < -0.3 is 5.11 Å². The van der Waals surface area contributed by atoms with Crippen molar-refractivity contribution in [2.24, 2.45) is 4.99 Å². The van der Waals surface area contributed by atoms with Crippen LogP contribution in [0.5, 0.6) is 0 Å². The van der Waals surface area contributed by atoms with Crippen LogP contribution in [0.1, 0.15) is 16.1 Å². The molecular formula is C17H16N6O2S+. The summed E-state index contributed by atoms with van der Waals surface area (Å²) in [6.45, 7) is 2.54. The van der Waals surface area contributed by atoms with Crippen LogP contribution >= 0.6 is 11.9 Å². The lowest BCUT2D eigenvalue weighted by atomic mass is 10.2. The molecule has 0 atom stereocenters. The van der Waals surface area contributed by atoms with E-state index in [0.29, 0.717) is 12.4 Å². The van der Waals surface area contributed by atoms with Gasteiger partial charge in [-0.25, -0.2) is 4.79 Å². The van der Waals surface area contributed by atoms with E-state index >= 15 is 0 Å². The fraction of sp³-hybridized carbons (Fsp3) is 0.118. The molecule has 1 radical (unpaired) electrons. The number of carboxylic acid groups (broad SMARTS) is 1. The highest BCUT2D eigenvalue weighted by molar-refractivity contribution is 7.97. The standard InChI is InChI=1S/C17H16N6O2S/c1-11-7-14(21-20-11)19-16-10-22(9-15-18-5-6-23(15)16)26-13-4-2-3-12(8-13)17(24)25/h2-8,10H,9H2,1H3,(H,24,25)(H2,19,20,21)/q+1. The fourth-order valence-corrected chi connectivity index (χ4v) is 3.56. The number of nitrogens with one attached hydrogen (secondary N) is 2. The van der Waals surface area contributed by atoms with Gasteiger partial charge in [0.25, 0.3) is 11.7 Å². The molecule has 2 aromatic rings. The molecule has 0 bridgehead atoms. The molecular weight excluding hydrogens is 352 g/mol. The van der Waals surface area contributed by atoms with Gasteiger partial charge in [-0.3, -0.25) is 14.7 Å². The molecule has 0 amide bonds. The lowest BCUT2D eigenvalue weighted by Gasteiger charge is -2.24. The molecule has 0 saturated heterocycles. The van der Waals surface area contributed by atoms with Crippen LogP contribution in [0.3, 0.4) is 0 Å². The number of fused-ring (bicyclic) bond motifs is 1. The van der Waals surface area contributed by atoms with Gasteiger partial charge in [0.2, 0.25) is 0 Å². The largest absolute Gasteiger partial charge is 0.478 e. The summed E-state index contributed by atoms with van der Waals surface area (Å²) < 4.78 is 2.01. The summed E-state index contributed by atoms with van der Waals surface area (Å²) in [6.07, 6.45) is 5.59. The third kappa shape index (κ3) is 3.35. The molecule has 131 valence electrons. The molecule has 26 heavy (non-hydrogen) atoms. The van der Waals surface area contributed by atoms with Crippen molar-refractivity contribution < 1.29 is 9.90 Å². The number of anilines is 1. The zero-order valence-corrected chi connectivity index (χ0v) is 14.7. The summed E-state index contributed by atoms with van der Waals surface area (Å²) in [5.74, 6) is 1.47. The van der Waals surface area contributed by atoms with Crippen LogP contribution < -0.4 is 10.2 Å². The number of aromatic amines is 1. The van der Waals surface area contributed by atoms with Gasteiger partial charge in [0, 0.05) is 16.7 Å². The molecule has 0 aliphatic carbocycles. The van der Waals surface area contributed by atoms with E-state index in [-0.39, 0.29) is 5.56 Å². The quantitative estimate of drug-likeness (QED) is 0.554. The Morgan fingerprint density at radius 2 is 2.31 bits per heavy atom. The van der Waals surface area contributed by atoms with Crippen LogP contribution in [0.2, 0.25) is 0 Å². The van der Waals surface area contributed by atoms with Crippen LogP contribution in [-0.2, 0) is 0 Å². The van der Waals surface area contributed by atoms with E-state index in [9.17, 15) is 4.79 Å². The third-order valence-electron chi connectivity index (χ3n) is 3.81. The van der Waals surface area contributed by atoms with Crippen molar-refractivity contribution in [3.8, 4) is 0 Å². The van der Waals surface area contributed by atoms with Gasteiger partial charge in [-0.1, -0.05) is 6.07 Å². The molecule has 0 saturated carbocycles. The van der Waals surface area contributed by atoms with E-state index in [1.165, 1.54) is 11.9 Å². The Morgan fingerprint density at radius 1 is 1.42 bits per heavy atom. The number of aromatic nitrogens is 2.